The normalized spacial score (nSPS) is 10.8. The lowest BCUT2D eigenvalue weighted by Gasteiger charge is -2.12. The minimum Gasteiger partial charge on any atom is -0.492 e. The van der Waals surface area contributed by atoms with Gasteiger partial charge < -0.3 is 24.7 Å². The molecule has 0 atom stereocenters. The van der Waals surface area contributed by atoms with Crippen LogP contribution in [0, 0.1) is 6.92 Å². The number of ether oxygens (including phenoxy) is 2. The van der Waals surface area contributed by atoms with E-state index in [0.717, 1.165) is 17.9 Å². The predicted octanol–water partition coefficient (Wildman–Crippen LogP) is 2.54. The van der Waals surface area contributed by atoms with Crippen molar-refractivity contribution in [2.75, 3.05) is 34.4 Å². The molecule has 0 aliphatic heterocycles. The minimum atomic E-state index is -0.438. The van der Waals surface area contributed by atoms with Gasteiger partial charge in [-0.1, -0.05) is 19.1 Å². The first kappa shape index (κ1) is 21.5. The SMILES string of the molecule is CCc1[nH]c(C(=O)NCc2cccc(OCCN(C)C)c2)c(C)c1C(=O)OC. The van der Waals surface area contributed by atoms with E-state index in [0.29, 0.717) is 42.1 Å². The van der Waals surface area contributed by atoms with Crippen LogP contribution < -0.4 is 10.1 Å². The molecular formula is C21H29N3O4. The van der Waals surface area contributed by atoms with Crippen molar-refractivity contribution < 1.29 is 19.1 Å². The van der Waals surface area contributed by atoms with Crippen molar-refractivity contribution in [1.82, 2.24) is 15.2 Å². The van der Waals surface area contributed by atoms with E-state index < -0.39 is 5.97 Å². The second kappa shape index (κ2) is 9.94. The fraction of sp³-hybridized carbons (Fsp3) is 0.429. The number of amides is 1. The zero-order chi connectivity index (χ0) is 20.7. The van der Waals surface area contributed by atoms with Crippen molar-refractivity contribution in [1.29, 1.82) is 0 Å². The number of hydrogen-bond acceptors (Lipinski definition) is 5. The number of carbonyl (C=O) groups excluding carboxylic acids is 2. The van der Waals surface area contributed by atoms with Crippen molar-refractivity contribution in [3.63, 3.8) is 0 Å². The van der Waals surface area contributed by atoms with Crippen LogP contribution in [-0.4, -0.2) is 56.1 Å². The van der Waals surface area contributed by atoms with Crippen LogP contribution >= 0.6 is 0 Å². The molecule has 0 aliphatic carbocycles. The molecule has 2 N–H and O–H groups in total. The Bertz CT molecular complexity index is 827. The van der Waals surface area contributed by atoms with Gasteiger partial charge in [-0.25, -0.2) is 4.79 Å². The highest BCUT2D eigenvalue weighted by Gasteiger charge is 2.23. The van der Waals surface area contributed by atoms with Crippen LogP contribution in [0.5, 0.6) is 5.75 Å². The molecule has 1 amide bonds. The molecule has 0 bridgehead atoms. The summed E-state index contributed by atoms with van der Waals surface area (Å²) in [5.74, 6) is 0.0689. The van der Waals surface area contributed by atoms with Crippen LogP contribution in [0.15, 0.2) is 24.3 Å². The lowest BCUT2D eigenvalue weighted by molar-refractivity contribution is 0.0599. The summed E-state index contributed by atoms with van der Waals surface area (Å²) in [6.07, 6.45) is 0.602. The van der Waals surface area contributed by atoms with E-state index in [4.69, 9.17) is 9.47 Å². The molecule has 0 aliphatic rings. The molecule has 0 saturated heterocycles. The Kier molecular flexibility index (Phi) is 7.63. The summed E-state index contributed by atoms with van der Waals surface area (Å²) in [5, 5.41) is 2.89. The van der Waals surface area contributed by atoms with Crippen LogP contribution in [0.1, 0.15) is 44.6 Å². The van der Waals surface area contributed by atoms with E-state index >= 15 is 0 Å². The van der Waals surface area contributed by atoms with Gasteiger partial charge in [-0.05, 0) is 50.7 Å². The van der Waals surface area contributed by atoms with Gasteiger partial charge >= 0.3 is 5.97 Å². The first-order valence-electron chi connectivity index (χ1n) is 9.31. The number of aryl methyl sites for hydroxylation is 1. The number of likely N-dealkylation sites (N-methyl/N-ethyl adjacent to an activating group) is 1. The van der Waals surface area contributed by atoms with Gasteiger partial charge in [0, 0.05) is 18.8 Å². The van der Waals surface area contributed by atoms with Gasteiger partial charge in [-0.2, -0.15) is 0 Å². The highest BCUT2D eigenvalue weighted by Crippen LogP contribution is 2.20. The average Bonchev–Trinajstić information content (AvgIpc) is 3.02. The molecule has 28 heavy (non-hydrogen) atoms. The smallest absolute Gasteiger partial charge is 0.339 e. The van der Waals surface area contributed by atoms with Gasteiger partial charge in [0.1, 0.15) is 18.1 Å². The third-order valence-electron chi connectivity index (χ3n) is 4.46. The van der Waals surface area contributed by atoms with Gasteiger partial charge in [0.2, 0.25) is 0 Å². The highest BCUT2D eigenvalue weighted by atomic mass is 16.5. The number of nitrogens with one attached hydrogen (secondary N) is 2. The third kappa shape index (κ3) is 5.36. The molecule has 1 aromatic heterocycles. The van der Waals surface area contributed by atoms with Crippen molar-refractivity contribution >= 4 is 11.9 Å². The number of carbonyl (C=O) groups is 2. The number of esters is 1. The van der Waals surface area contributed by atoms with Gasteiger partial charge in [0.25, 0.3) is 5.91 Å². The molecule has 0 fully saturated rings. The average molecular weight is 387 g/mol. The second-order valence-corrected chi connectivity index (χ2v) is 6.81. The number of aromatic nitrogens is 1. The molecule has 152 valence electrons. The van der Waals surface area contributed by atoms with E-state index in [2.05, 4.69) is 15.2 Å². The molecule has 7 heteroatoms. The molecule has 7 nitrogen and oxygen atoms in total. The Hall–Kier alpha value is -2.80. The van der Waals surface area contributed by atoms with Crippen molar-refractivity contribution in [2.24, 2.45) is 0 Å². The Labute approximate surface area is 166 Å². The number of hydrogen-bond donors (Lipinski definition) is 2. The van der Waals surface area contributed by atoms with Crippen LogP contribution in [0.4, 0.5) is 0 Å². The summed E-state index contributed by atoms with van der Waals surface area (Å²) < 4.78 is 10.6. The molecular weight excluding hydrogens is 358 g/mol. The third-order valence-corrected chi connectivity index (χ3v) is 4.46. The first-order chi connectivity index (χ1) is 13.4. The van der Waals surface area contributed by atoms with E-state index in [1.807, 2.05) is 45.3 Å². The van der Waals surface area contributed by atoms with Crippen molar-refractivity contribution in [3.8, 4) is 5.75 Å². The lowest BCUT2D eigenvalue weighted by atomic mass is 10.1. The molecule has 0 spiro atoms. The summed E-state index contributed by atoms with van der Waals surface area (Å²) in [5.41, 5.74) is 3.05. The Balaban J connectivity index is 2.04. The Morgan fingerprint density at radius 1 is 1.25 bits per heavy atom. The molecule has 1 aromatic carbocycles. The number of nitrogens with zero attached hydrogens (tertiary/aromatic N) is 1. The molecule has 0 saturated carbocycles. The van der Waals surface area contributed by atoms with E-state index in [1.54, 1.807) is 6.92 Å². The maximum absolute atomic E-state index is 12.6. The fourth-order valence-electron chi connectivity index (χ4n) is 2.89. The Morgan fingerprint density at radius 2 is 2.00 bits per heavy atom. The quantitative estimate of drug-likeness (QED) is 0.646. The molecule has 2 aromatic rings. The number of methoxy groups -OCH3 is 1. The maximum Gasteiger partial charge on any atom is 0.339 e. The standard InChI is InChI=1S/C21H29N3O4/c1-6-17-18(21(26)27-5)14(2)19(23-17)20(25)22-13-15-8-7-9-16(12-15)28-11-10-24(3)4/h7-9,12,23H,6,10-11,13H2,1-5H3,(H,22,25). The first-order valence-corrected chi connectivity index (χ1v) is 9.31. The number of aromatic amines is 1. The van der Waals surface area contributed by atoms with E-state index in [9.17, 15) is 9.59 Å². The zero-order valence-electron chi connectivity index (χ0n) is 17.2. The maximum atomic E-state index is 12.6. The monoisotopic (exact) mass is 387 g/mol. The summed E-state index contributed by atoms with van der Waals surface area (Å²) in [6, 6.07) is 7.63. The van der Waals surface area contributed by atoms with Crippen LogP contribution in [0.3, 0.4) is 0 Å². The molecule has 2 rings (SSSR count). The van der Waals surface area contributed by atoms with Gasteiger partial charge in [0.05, 0.1) is 12.7 Å². The van der Waals surface area contributed by atoms with Crippen LogP contribution in [0.25, 0.3) is 0 Å². The van der Waals surface area contributed by atoms with E-state index in [-0.39, 0.29) is 5.91 Å². The molecule has 0 unspecified atom stereocenters. The topological polar surface area (TPSA) is 83.7 Å². The van der Waals surface area contributed by atoms with E-state index in [1.165, 1.54) is 7.11 Å². The van der Waals surface area contributed by atoms with Gasteiger partial charge in [-0.15, -0.1) is 0 Å². The summed E-state index contributed by atoms with van der Waals surface area (Å²) in [4.78, 5) is 29.7. The summed E-state index contributed by atoms with van der Waals surface area (Å²) in [7, 11) is 5.32. The van der Waals surface area contributed by atoms with Crippen molar-refractivity contribution in [3.05, 3.63) is 52.3 Å². The van der Waals surface area contributed by atoms with Crippen LogP contribution in [-0.2, 0) is 17.7 Å². The largest absolute Gasteiger partial charge is 0.492 e. The number of benzene rings is 1. The van der Waals surface area contributed by atoms with Crippen molar-refractivity contribution in [2.45, 2.75) is 26.8 Å². The fourth-order valence-corrected chi connectivity index (χ4v) is 2.89. The second-order valence-electron chi connectivity index (χ2n) is 6.81. The lowest BCUT2D eigenvalue weighted by Crippen LogP contribution is -2.24. The predicted molar refractivity (Wildman–Crippen MR) is 108 cm³/mol. The Morgan fingerprint density at radius 3 is 2.64 bits per heavy atom. The summed E-state index contributed by atoms with van der Waals surface area (Å²) >= 11 is 0. The molecule has 0 radical (unpaired) electrons. The number of H-pyrrole nitrogens is 1. The minimum absolute atomic E-state index is 0.263. The molecule has 1 heterocycles. The summed E-state index contributed by atoms with van der Waals surface area (Å²) in [6.45, 7) is 5.45. The van der Waals surface area contributed by atoms with Gasteiger partial charge in [-0.3, -0.25) is 4.79 Å². The van der Waals surface area contributed by atoms with Gasteiger partial charge in [0.15, 0.2) is 0 Å². The zero-order valence-corrected chi connectivity index (χ0v) is 17.2. The highest BCUT2D eigenvalue weighted by molar-refractivity contribution is 6.00. The van der Waals surface area contributed by atoms with Crippen LogP contribution in [0.2, 0.25) is 0 Å². The number of rotatable bonds is 9.